The van der Waals surface area contributed by atoms with E-state index in [1.165, 1.54) is 17.1 Å². The van der Waals surface area contributed by atoms with E-state index in [4.69, 9.17) is 5.73 Å². The molecule has 9 nitrogen and oxygen atoms in total. The highest BCUT2D eigenvalue weighted by atomic mass is 35.5. The van der Waals surface area contributed by atoms with Crippen molar-refractivity contribution in [2.45, 2.75) is 26.1 Å². The quantitative estimate of drug-likeness (QED) is 0.543. The number of nitrogens with two attached hydrogens (primary N) is 1. The molecular formula is C17H21Cl2N7O2. The summed E-state index contributed by atoms with van der Waals surface area (Å²) in [4.78, 5) is 34.3. The fourth-order valence-corrected chi connectivity index (χ4v) is 2.40. The molecule has 0 saturated heterocycles. The highest BCUT2D eigenvalue weighted by Gasteiger charge is 2.16. The lowest BCUT2D eigenvalue weighted by molar-refractivity contribution is -0.122. The molecule has 3 aromatic rings. The summed E-state index contributed by atoms with van der Waals surface area (Å²) in [6.07, 6.45) is 1.29. The minimum atomic E-state index is -0.373. The molecule has 0 unspecified atom stereocenters. The van der Waals surface area contributed by atoms with Crippen LogP contribution in [0.3, 0.4) is 0 Å². The van der Waals surface area contributed by atoms with Crippen molar-refractivity contribution in [2.24, 2.45) is 5.73 Å². The Bertz CT molecular complexity index is 957. The maximum atomic E-state index is 12.2. The third kappa shape index (κ3) is 5.88. The molecule has 1 amide bonds. The molecule has 0 bridgehead atoms. The van der Waals surface area contributed by atoms with Crippen molar-refractivity contribution in [2.75, 3.05) is 0 Å². The van der Waals surface area contributed by atoms with E-state index >= 15 is 0 Å². The van der Waals surface area contributed by atoms with E-state index in [1.807, 2.05) is 30.3 Å². The van der Waals surface area contributed by atoms with E-state index in [0.29, 0.717) is 17.3 Å². The lowest BCUT2D eigenvalue weighted by Crippen LogP contribution is -2.30. The molecule has 4 N–H and O–H groups in total. The number of carbonyl (C=O) groups excluding carboxylic acids is 1. The van der Waals surface area contributed by atoms with Gasteiger partial charge >= 0.3 is 0 Å². The Morgan fingerprint density at radius 1 is 1.29 bits per heavy atom. The number of hydrogen-bond acceptors (Lipinski definition) is 6. The molecule has 0 spiro atoms. The largest absolute Gasteiger partial charge is 0.349 e. The maximum Gasteiger partial charge on any atom is 0.250 e. The Kier molecular flexibility index (Phi) is 8.77. The zero-order valence-electron chi connectivity index (χ0n) is 15.0. The molecule has 3 rings (SSSR count). The zero-order chi connectivity index (χ0) is 18.5. The minimum Gasteiger partial charge on any atom is -0.349 e. The Hall–Kier alpha value is -2.75. The summed E-state index contributed by atoms with van der Waals surface area (Å²) in [6.45, 7) is 1.91. The van der Waals surface area contributed by atoms with Crippen LogP contribution in [0.1, 0.15) is 24.5 Å². The first-order valence-electron chi connectivity index (χ1n) is 8.09. The Labute approximate surface area is 173 Å². The van der Waals surface area contributed by atoms with Gasteiger partial charge in [0.1, 0.15) is 12.4 Å². The lowest BCUT2D eigenvalue weighted by Gasteiger charge is -2.08. The number of aromatic nitrogens is 5. The van der Waals surface area contributed by atoms with Crippen molar-refractivity contribution in [1.29, 1.82) is 0 Å². The third-order valence-electron chi connectivity index (χ3n) is 3.63. The summed E-state index contributed by atoms with van der Waals surface area (Å²) >= 11 is 0. The summed E-state index contributed by atoms with van der Waals surface area (Å²) in [5.74, 6) is 0.758. The Morgan fingerprint density at radius 3 is 2.64 bits per heavy atom. The van der Waals surface area contributed by atoms with Crippen LogP contribution in [0.25, 0.3) is 11.4 Å². The molecule has 11 heteroatoms. The topological polar surface area (TPSA) is 132 Å². The number of H-pyrrole nitrogens is 1. The molecular weight excluding hydrogens is 405 g/mol. The normalized spacial score (nSPS) is 11.1. The van der Waals surface area contributed by atoms with Gasteiger partial charge in [0.05, 0.1) is 24.6 Å². The highest BCUT2D eigenvalue weighted by Crippen LogP contribution is 2.17. The van der Waals surface area contributed by atoms with E-state index in [-0.39, 0.29) is 55.4 Å². The molecule has 0 aliphatic rings. The number of benzene rings is 1. The number of halogens is 2. The second-order valence-electron chi connectivity index (χ2n) is 5.79. The van der Waals surface area contributed by atoms with Gasteiger partial charge in [0.15, 0.2) is 5.82 Å². The molecule has 150 valence electrons. The van der Waals surface area contributed by atoms with Crippen LogP contribution >= 0.6 is 24.8 Å². The number of aromatic amines is 1. The van der Waals surface area contributed by atoms with Gasteiger partial charge in [-0.2, -0.15) is 5.10 Å². The summed E-state index contributed by atoms with van der Waals surface area (Å²) in [5.41, 5.74) is 7.01. The van der Waals surface area contributed by atoms with Crippen molar-refractivity contribution >= 4 is 30.7 Å². The van der Waals surface area contributed by atoms with Crippen LogP contribution in [0.5, 0.6) is 0 Å². The van der Waals surface area contributed by atoms with E-state index in [1.54, 1.807) is 6.92 Å². The van der Waals surface area contributed by atoms with Crippen LogP contribution in [-0.4, -0.2) is 30.6 Å². The number of rotatable bonds is 6. The molecule has 2 heterocycles. The van der Waals surface area contributed by atoms with Crippen molar-refractivity contribution < 1.29 is 4.79 Å². The molecule has 0 fully saturated rings. The smallest absolute Gasteiger partial charge is 0.250 e. The van der Waals surface area contributed by atoms with Crippen LogP contribution in [0, 0.1) is 0 Å². The van der Waals surface area contributed by atoms with Gasteiger partial charge in [-0.15, -0.1) is 24.8 Å². The van der Waals surface area contributed by atoms with Crippen LogP contribution in [0.4, 0.5) is 0 Å². The van der Waals surface area contributed by atoms with Gasteiger partial charge < -0.3 is 16.0 Å². The van der Waals surface area contributed by atoms with Crippen LogP contribution in [0.15, 0.2) is 47.5 Å². The first kappa shape index (κ1) is 23.3. The van der Waals surface area contributed by atoms with Crippen molar-refractivity contribution in [3.63, 3.8) is 0 Å². The zero-order valence-corrected chi connectivity index (χ0v) is 16.7. The lowest BCUT2D eigenvalue weighted by atomic mass is 10.2. The standard InChI is InChI=1S/C17H19N7O2.2ClH/c1-11(18)17-22-16(12-5-3-2-4-6-12)23-24(17)9-15(26)19-8-13-7-14(25)21-10-20-13;;/h2-7,10-11H,8-9,18H2,1H3,(H,19,26)(H,20,21,25);2*1H/t11-;;/m0../s1. The number of hydrogen-bond donors (Lipinski definition) is 3. The Balaban J connectivity index is 0.00000196. The summed E-state index contributed by atoms with van der Waals surface area (Å²) < 4.78 is 1.49. The van der Waals surface area contributed by atoms with E-state index < -0.39 is 0 Å². The minimum absolute atomic E-state index is 0. The first-order valence-corrected chi connectivity index (χ1v) is 8.09. The molecule has 0 aliphatic heterocycles. The monoisotopic (exact) mass is 425 g/mol. The fourth-order valence-electron chi connectivity index (χ4n) is 2.40. The highest BCUT2D eigenvalue weighted by molar-refractivity contribution is 5.85. The van der Waals surface area contributed by atoms with Crippen molar-refractivity contribution in [1.82, 2.24) is 30.0 Å². The average molecular weight is 426 g/mol. The predicted octanol–water partition coefficient (Wildman–Crippen LogP) is 1.21. The Morgan fingerprint density at radius 2 is 2.00 bits per heavy atom. The van der Waals surface area contributed by atoms with Gasteiger partial charge in [0.25, 0.3) is 5.56 Å². The third-order valence-corrected chi connectivity index (χ3v) is 3.63. The SMILES string of the molecule is C[C@H](N)c1nc(-c2ccccc2)nn1CC(=O)NCc1cc(=O)[nH]cn1.Cl.Cl. The van der Waals surface area contributed by atoms with Gasteiger partial charge in [-0.25, -0.2) is 14.6 Å². The van der Waals surface area contributed by atoms with Gasteiger partial charge in [0, 0.05) is 11.6 Å². The molecule has 1 aromatic carbocycles. The average Bonchev–Trinajstić information content (AvgIpc) is 3.05. The van der Waals surface area contributed by atoms with E-state index in [9.17, 15) is 9.59 Å². The fraction of sp³-hybridized carbons (Fsp3) is 0.235. The first-order chi connectivity index (χ1) is 12.5. The van der Waals surface area contributed by atoms with E-state index in [2.05, 4.69) is 25.4 Å². The van der Waals surface area contributed by atoms with Gasteiger partial charge in [-0.05, 0) is 6.92 Å². The van der Waals surface area contributed by atoms with Crippen molar-refractivity contribution in [3.8, 4) is 11.4 Å². The van der Waals surface area contributed by atoms with Crippen LogP contribution in [-0.2, 0) is 17.9 Å². The molecule has 28 heavy (non-hydrogen) atoms. The number of carbonyl (C=O) groups is 1. The van der Waals surface area contributed by atoms with Gasteiger partial charge in [-0.1, -0.05) is 30.3 Å². The molecule has 2 aromatic heterocycles. The van der Waals surface area contributed by atoms with Crippen LogP contribution < -0.4 is 16.6 Å². The molecule has 0 aliphatic carbocycles. The number of nitrogens with one attached hydrogen (secondary N) is 2. The van der Waals surface area contributed by atoms with E-state index in [0.717, 1.165) is 5.56 Å². The summed E-state index contributed by atoms with van der Waals surface area (Å²) in [6, 6.07) is 10.4. The predicted molar refractivity (Wildman–Crippen MR) is 109 cm³/mol. The molecule has 1 atom stereocenters. The van der Waals surface area contributed by atoms with Crippen molar-refractivity contribution in [3.05, 3.63) is 64.6 Å². The maximum absolute atomic E-state index is 12.2. The number of amides is 1. The second-order valence-corrected chi connectivity index (χ2v) is 5.79. The summed E-state index contributed by atoms with van der Waals surface area (Å²) in [5, 5.41) is 7.11. The molecule has 0 radical (unpaired) electrons. The second kappa shape index (κ2) is 10.5. The number of nitrogens with zero attached hydrogens (tertiary/aromatic N) is 4. The van der Waals surface area contributed by atoms with Crippen LogP contribution in [0.2, 0.25) is 0 Å². The molecule has 0 saturated carbocycles. The van der Waals surface area contributed by atoms with Gasteiger partial charge in [0.2, 0.25) is 5.91 Å². The van der Waals surface area contributed by atoms with Gasteiger partial charge in [-0.3, -0.25) is 9.59 Å². The summed E-state index contributed by atoms with van der Waals surface area (Å²) in [7, 11) is 0.